The molecule has 0 saturated heterocycles. The molecule has 1 aromatic rings. The molecule has 0 radical (unpaired) electrons. The van der Waals surface area contributed by atoms with Crippen LogP contribution in [0.15, 0.2) is 24.3 Å². The molecule has 138 valence electrons. The summed E-state index contributed by atoms with van der Waals surface area (Å²) in [5.41, 5.74) is 0.276. The van der Waals surface area contributed by atoms with Gasteiger partial charge in [0.25, 0.3) is 5.91 Å². The minimum Gasteiger partial charge on any atom is -0.456 e. The Hall–Kier alpha value is -2.28. The molecule has 2 amide bonds. The molecular formula is C17H23ClN2O5. The molecule has 0 unspecified atom stereocenters. The van der Waals surface area contributed by atoms with Gasteiger partial charge < -0.3 is 20.1 Å². The average molecular weight is 371 g/mol. The van der Waals surface area contributed by atoms with Crippen LogP contribution in [0, 0.1) is 0 Å². The number of hydrogen-bond acceptors (Lipinski definition) is 5. The second kappa shape index (κ2) is 9.88. The minimum atomic E-state index is -0.610. The molecule has 0 bridgehead atoms. The molecule has 0 atom stereocenters. The third-order valence-electron chi connectivity index (χ3n) is 2.76. The van der Waals surface area contributed by atoms with Crippen molar-refractivity contribution in [3.8, 4) is 0 Å². The van der Waals surface area contributed by atoms with E-state index in [1.165, 1.54) is 0 Å². The van der Waals surface area contributed by atoms with E-state index in [0.717, 1.165) is 5.56 Å². The number of ether oxygens (including phenoxy) is 2. The maximum absolute atomic E-state index is 11.6. The molecule has 1 aromatic carbocycles. The summed E-state index contributed by atoms with van der Waals surface area (Å²) < 4.78 is 9.85. The molecular weight excluding hydrogens is 348 g/mol. The molecule has 25 heavy (non-hydrogen) atoms. The van der Waals surface area contributed by atoms with Crippen molar-refractivity contribution in [2.75, 3.05) is 13.2 Å². The summed E-state index contributed by atoms with van der Waals surface area (Å²) in [6.45, 7) is 5.23. The van der Waals surface area contributed by atoms with Gasteiger partial charge >= 0.3 is 12.1 Å². The summed E-state index contributed by atoms with van der Waals surface area (Å²) in [4.78, 5) is 34.5. The Kier molecular flexibility index (Phi) is 8.21. The number of hydrogen-bond donors (Lipinski definition) is 2. The van der Waals surface area contributed by atoms with Gasteiger partial charge in [-0.05, 0) is 38.5 Å². The highest BCUT2D eigenvalue weighted by molar-refractivity contribution is 6.30. The molecule has 1 rings (SSSR count). The predicted molar refractivity (Wildman–Crippen MR) is 93.1 cm³/mol. The van der Waals surface area contributed by atoms with Crippen LogP contribution < -0.4 is 10.6 Å². The summed E-state index contributed by atoms with van der Waals surface area (Å²) >= 11 is 5.77. The topological polar surface area (TPSA) is 93.7 Å². The van der Waals surface area contributed by atoms with Crippen molar-refractivity contribution in [3.63, 3.8) is 0 Å². The van der Waals surface area contributed by atoms with Crippen LogP contribution in [0.3, 0.4) is 0 Å². The maximum atomic E-state index is 11.6. The fourth-order valence-corrected chi connectivity index (χ4v) is 1.78. The van der Waals surface area contributed by atoms with Gasteiger partial charge in [-0.3, -0.25) is 9.59 Å². The third-order valence-corrected chi connectivity index (χ3v) is 3.02. The van der Waals surface area contributed by atoms with Crippen LogP contribution in [-0.4, -0.2) is 36.7 Å². The first-order chi connectivity index (χ1) is 11.7. The lowest BCUT2D eigenvalue weighted by atomic mass is 10.2. The van der Waals surface area contributed by atoms with Crippen LogP contribution in [0.5, 0.6) is 0 Å². The first-order valence-electron chi connectivity index (χ1n) is 7.79. The van der Waals surface area contributed by atoms with Gasteiger partial charge in [0.15, 0.2) is 6.61 Å². The lowest BCUT2D eigenvalue weighted by Gasteiger charge is -2.19. The van der Waals surface area contributed by atoms with E-state index in [2.05, 4.69) is 10.6 Å². The Balaban J connectivity index is 2.15. The largest absolute Gasteiger partial charge is 0.456 e. The molecule has 2 N–H and O–H groups in total. The van der Waals surface area contributed by atoms with Gasteiger partial charge in [-0.1, -0.05) is 23.7 Å². The average Bonchev–Trinajstić information content (AvgIpc) is 2.50. The van der Waals surface area contributed by atoms with E-state index >= 15 is 0 Å². The summed E-state index contributed by atoms with van der Waals surface area (Å²) in [6, 6.07) is 7.02. The number of alkyl carbamates (subject to hydrolysis) is 1. The molecule has 0 fully saturated rings. The molecule has 0 aliphatic carbocycles. The minimum absolute atomic E-state index is 0.0519. The van der Waals surface area contributed by atoms with Gasteiger partial charge in [0.05, 0.1) is 6.42 Å². The zero-order valence-electron chi connectivity index (χ0n) is 14.6. The van der Waals surface area contributed by atoms with Gasteiger partial charge in [0.2, 0.25) is 0 Å². The van der Waals surface area contributed by atoms with E-state index in [4.69, 9.17) is 21.1 Å². The van der Waals surface area contributed by atoms with E-state index in [-0.39, 0.29) is 19.6 Å². The van der Waals surface area contributed by atoms with Crippen LogP contribution in [0.1, 0.15) is 32.8 Å². The second-order valence-electron chi connectivity index (χ2n) is 6.24. The molecule has 0 aliphatic heterocycles. The smallest absolute Gasteiger partial charge is 0.407 e. The molecule has 0 aromatic heterocycles. The Morgan fingerprint density at radius 2 is 1.72 bits per heavy atom. The Labute approximate surface area is 152 Å². The van der Waals surface area contributed by atoms with Crippen LogP contribution in [0.25, 0.3) is 0 Å². The number of carbonyl (C=O) groups is 3. The number of halogens is 1. The molecule has 7 nitrogen and oxygen atoms in total. The molecule has 8 heteroatoms. The number of benzene rings is 1. The highest BCUT2D eigenvalue weighted by Crippen LogP contribution is 2.09. The van der Waals surface area contributed by atoms with Crippen LogP contribution in [0.4, 0.5) is 4.79 Å². The van der Waals surface area contributed by atoms with Crippen LogP contribution in [-0.2, 0) is 25.6 Å². The number of amides is 2. The number of esters is 1. The summed E-state index contributed by atoms with van der Waals surface area (Å²) in [7, 11) is 0. The van der Waals surface area contributed by atoms with Crippen molar-refractivity contribution in [3.05, 3.63) is 34.9 Å². The Bertz CT molecular complexity index is 596. The fourth-order valence-electron chi connectivity index (χ4n) is 1.65. The monoisotopic (exact) mass is 370 g/mol. The molecule has 0 saturated carbocycles. The number of nitrogens with one attached hydrogen (secondary N) is 2. The highest BCUT2D eigenvalue weighted by atomic mass is 35.5. The van der Waals surface area contributed by atoms with Crippen molar-refractivity contribution in [1.82, 2.24) is 10.6 Å². The van der Waals surface area contributed by atoms with Crippen molar-refractivity contribution in [2.24, 2.45) is 0 Å². The predicted octanol–water partition coefficient (Wildman–Crippen LogP) is 2.41. The van der Waals surface area contributed by atoms with Crippen molar-refractivity contribution < 1.29 is 23.9 Å². The van der Waals surface area contributed by atoms with E-state index < -0.39 is 23.6 Å². The number of carbonyl (C=O) groups excluding carboxylic acids is 3. The third kappa shape index (κ3) is 10.2. The Morgan fingerprint density at radius 3 is 2.32 bits per heavy atom. The van der Waals surface area contributed by atoms with E-state index in [1.54, 1.807) is 45.0 Å². The van der Waals surface area contributed by atoms with Gasteiger partial charge in [-0.2, -0.15) is 0 Å². The standard InChI is InChI=1S/C17H23ClN2O5/c1-17(2,3)25-16(23)19-9-8-15(22)24-11-14(21)20-10-12-4-6-13(18)7-5-12/h4-7H,8-11H2,1-3H3,(H,19,23)(H,20,21). The first kappa shape index (κ1) is 20.8. The SMILES string of the molecule is CC(C)(C)OC(=O)NCCC(=O)OCC(=O)NCc1ccc(Cl)cc1. The molecule has 0 spiro atoms. The lowest BCUT2D eigenvalue weighted by molar-refractivity contribution is -0.148. The van der Waals surface area contributed by atoms with Crippen LogP contribution >= 0.6 is 11.6 Å². The summed E-state index contributed by atoms with van der Waals surface area (Å²) in [6.07, 6.45) is -0.662. The van der Waals surface area contributed by atoms with E-state index in [1.807, 2.05) is 0 Å². The normalized spacial score (nSPS) is 10.7. The van der Waals surface area contributed by atoms with Crippen molar-refractivity contribution >= 4 is 29.6 Å². The molecule has 0 aliphatic rings. The summed E-state index contributed by atoms with van der Waals surface area (Å²) in [5, 5.41) is 5.68. The van der Waals surface area contributed by atoms with Gasteiger partial charge in [0.1, 0.15) is 5.60 Å². The quantitative estimate of drug-likeness (QED) is 0.719. The summed E-state index contributed by atoms with van der Waals surface area (Å²) in [5.74, 6) is -0.999. The van der Waals surface area contributed by atoms with E-state index in [0.29, 0.717) is 11.6 Å². The second-order valence-corrected chi connectivity index (χ2v) is 6.68. The van der Waals surface area contributed by atoms with Gasteiger partial charge in [0, 0.05) is 18.1 Å². The van der Waals surface area contributed by atoms with Crippen molar-refractivity contribution in [1.29, 1.82) is 0 Å². The van der Waals surface area contributed by atoms with Crippen molar-refractivity contribution in [2.45, 2.75) is 39.3 Å². The fraction of sp³-hybridized carbons (Fsp3) is 0.471. The van der Waals surface area contributed by atoms with E-state index in [9.17, 15) is 14.4 Å². The zero-order valence-corrected chi connectivity index (χ0v) is 15.3. The Morgan fingerprint density at radius 1 is 1.08 bits per heavy atom. The molecule has 0 heterocycles. The number of rotatable bonds is 7. The zero-order chi connectivity index (χ0) is 18.9. The first-order valence-corrected chi connectivity index (χ1v) is 8.17. The van der Waals surface area contributed by atoms with Gasteiger partial charge in [-0.25, -0.2) is 4.79 Å². The van der Waals surface area contributed by atoms with Crippen LogP contribution in [0.2, 0.25) is 5.02 Å². The van der Waals surface area contributed by atoms with Gasteiger partial charge in [-0.15, -0.1) is 0 Å². The highest BCUT2D eigenvalue weighted by Gasteiger charge is 2.16. The lowest BCUT2D eigenvalue weighted by Crippen LogP contribution is -2.34. The maximum Gasteiger partial charge on any atom is 0.407 e.